The molecule has 0 aliphatic carbocycles. The molecule has 0 aliphatic heterocycles. The van der Waals surface area contributed by atoms with E-state index in [2.05, 4.69) is 78.0 Å². The molecule has 3 nitrogen and oxygen atoms in total. The molecule has 26 heavy (non-hydrogen) atoms. The van der Waals surface area contributed by atoms with E-state index in [9.17, 15) is 0 Å². The zero-order valence-electron chi connectivity index (χ0n) is 15.1. The highest BCUT2D eigenvalue weighted by atomic mass is 32.1. The first-order valence-corrected chi connectivity index (χ1v) is 9.35. The normalized spacial score (nSPS) is 11.0. The molecule has 0 bridgehead atoms. The second-order valence-electron chi connectivity index (χ2n) is 6.53. The van der Waals surface area contributed by atoms with Crippen LogP contribution in [-0.2, 0) is 6.42 Å². The predicted octanol–water partition coefficient (Wildman–Crippen LogP) is 4.68. The number of H-pyrrole nitrogens is 1. The van der Waals surface area contributed by atoms with E-state index in [-0.39, 0.29) is 8.41 Å². The zero-order chi connectivity index (χ0) is 17.2. The van der Waals surface area contributed by atoms with Gasteiger partial charge >= 0.3 is 0 Å². The van der Waals surface area contributed by atoms with E-state index in [1.807, 2.05) is 6.07 Å². The van der Waals surface area contributed by atoms with E-state index in [1.54, 1.807) is 11.3 Å². The molecule has 0 spiro atoms. The van der Waals surface area contributed by atoms with E-state index >= 15 is 0 Å². The van der Waals surface area contributed by atoms with Crippen LogP contribution < -0.4 is 0 Å². The van der Waals surface area contributed by atoms with Crippen LogP contribution in [0.2, 0.25) is 0 Å². The molecular formula is C21H21BN3S. The quantitative estimate of drug-likeness (QED) is 0.525. The molecule has 3 radical (unpaired) electrons. The van der Waals surface area contributed by atoms with E-state index in [4.69, 9.17) is 4.98 Å². The van der Waals surface area contributed by atoms with Crippen molar-refractivity contribution in [1.29, 1.82) is 0 Å². The third-order valence-electron chi connectivity index (χ3n) is 4.42. The molecular weight excluding hydrogens is 337 g/mol. The molecule has 0 amide bonds. The molecule has 0 atom stereocenters. The SMILES string of the molecule is CN(C)CCc1c[nH]c2ccc(-c3nc(-c4ccccc4)cs3)cc12.[B]. The van der Waals surface area contributed by atoms with E-state index in [1.165, 1.54) is 27.6 Å². The van der Waals surface area contributed by atoms with Crippen molar-refractivity contribution in [2.24, 2.45) is 0 Å². The maximum Gasteiger partial charge on any atom is 0.124 e. The summed E-state index contributed by atoms with van der Waals surface area (Å²) in [6, 6.07) is 16.9. The third kappa shape index (κ3) is 3.74. The van der Waals surface area contributed by atoms with Gasteiger partial charge in [0.25, 0.3) is 0 Å². The first-order valence-electron chi connectivity index (χ1n) is 8.47. The molecule has 0 fully saturated rings. The Kier molecular flexibility index (Phi) is 5.59. The van der Waals surface area contributed by atoms with Crippen LogP contribution in [0, 0.1) is 0 Å². The van der Waals surface area contributed by atoms with Crippen LogP contribution in [0.25, 0.3) is 32.7 Å². The van der Waals surface area contributed by atoms with Crippen LogP contribution in [0.4, 0.5) is 0 Å². The second kappa shape index (κ2) is 7.89. The Morgan fingerprint density at radius 3 is 2.62 bits per heavy atom. The predicted molar refractivity (Wildman–Crippen MR) is 113 cm³/mol. The number of aromatic nitrogens is 2. The van der Waals surface area contributed by atoms with Crippen LogP contribution in [0.3, 0.4) is 0 Å². The number of hydrogen-bond acceptors (Lipinski definition) is 3. The molecule has 0 unspecified atom stereocenters. The smallest absolute Gasteiger partial charge is 0.124 e. The van der Waals surface area contributed by atoms with E-state index in [0.29, 0.717) is 0 Å². The fourth-order valence-electron chi connectivity index (χ4n) is 3.01. The highest BCUT2D eigenvalue weighted by Gasteiger charge is 2.10. The zero-order valence-corrected chi connectivity index (χ0v) is 15.9. The Morgan fingerprint density at radius 2 is 1.85 bits per heavy atom. The number of benzene rings is 2. The summed E-state index contributed by atoms with van der Waals surface area (Å²) in [5, 5.41) is 4.51. The fraction of sp³-hybridized carbons (Fsp3) is 0.190. The van der Waals surface area contributed by atoms with Gasteiger partial charge in [-0.2, -0.15) is 0 Å². The monoisotopic (exact) mass is 358 g/mol. The van der Waals surface area contributed by atoms with Crippen molar-refractivity contribution >= 4 is 30.7 Å². The molecule has 5 heteroatoms. The Hall–Kier alpha value is -2.37. The van der Waals surface area contributed by atoms with Crippen molar-refractivity contribution in [2.45, 2.75) is 6.42 Å². The summed E-state index contributed by atoms with van der Waals surface area (Å²) in [5.74, 6) is 0. The number of likely N-dealkylation sites (N-methyl/N-ethyl adjacent to an activating group) is 1. The van der Waals surface area contributed by atoms with Gasteiger partial charge in [0.15, 0.2) is 0 Å². The van der Waals surface area contributed by atoms with Gasteiger partial charge in [0.2, 0.25) is 0 Å². The molecule has 4 rings (SSSR count). The van der Waals surface area contributed by atoms with Crippen molar-refractivity contribution in [3.63, 3.8) is 0 Å². The van der Waals surface area contributed by atoms with Crippen LogP contribution in [-0.4, -0.2) is 43.9 Å². The van der Waals surface area contributed by atoms with Gasteiger partial charge in [-0.05, 0) is 44.3 Å². The van der Waals surface area contributed by atoms with Gasteiger partial charge in [-0.3, -0.25) is 0 Å². The van der Waals surface area contributed by atoms with Gasteiger partial charge in [-0.15, -0.1) is 11.3 Å². The van der Waals surface area contributed by atoms with Crippen LogP contribution in [0.5, 0.6) is 0 Å². The number of hydrogen-bond donors (Lipinski definition) is 1. The van der Waals surface area contributed by atoms with Gasteiger partial charge in [0.1, 0.15) is 5.01 Å². The second-order valence-corrected chi connectivity index (χ2v) is 7.39. The summed E-state index contributed by atoms with van der Waals surface area (Å²) in [4.78, 5) is 10.4. The van der Waals surface area contributed by atoms with Crippen molar-refractivity contribution in [2.75, 3.05) is 20.6 Å². The molecule has 2 aromatic heterocycles. The molecule has 0 saturated carbocycles. The topological polar surface area (TPSA) is 31.9 Å². The average Bonchev–Trinajstić information content (AvgIpc) is 3.27. The lowest BCUT2D eigenvalue weighted by Gasteiger charge is -2.08. The lowest BCUT2D eigenvalue weighted by Crippen LogP contribution is -2.14. The average molecular weight is 358 g/mol. The summed E-state index contributed by atoms with van der Waals surface area (Å²) in [6.07, 6.45) is 3.18. The number of nitrogens with zero attached hydrogens (tertiary/aromatic N) is 2. The third-order valence-corrected chi connectivity index (χ3v) is 5.31. The summed E-state index contributed by atoms with van der Waals surface area (Å²) in [6.45, 7) is 1.05. The lowest BCUT2D eigenvalue weighted by atomic mass is 10.1. The number of nitrogens with one attached hydrogen (secondary N) is 1. The van der Waals surface area contributed by atoms with Crippen molar-refractivity contribution in [1.82, 2.24) is 14.9 Å². The minimum absolute atomic E-state index is 0. The van der Waals surface area contributed by atoms with E-state index < -0.39 is 0 Å². The minimum Gasteiger partial charge on any atom is -0.361 e. The maximum atomic E-state index is 4.85. The largest absolute Gasteiger partial charge is 0.361 e. The Morgan fingerprint density at radius 1 is 1.04 bits per heavy atom. The Bertz CT molecular complexity index is 989. The fourth-order valence-corrected chi connectivity index (χ4v) is 3.84. The molecule has 0 saturated heterocycles. The highest BCUT2D eigenvalue weighted by Crippen LogP contribution is 2.31. The molecule has 0 aliphatic rings. The van der Waals surface area contributed by atoms with Crippen LogP contribution in [0.1, 0.15) is 5.56 Å². The summed E-state index contributed by atoms with van der Waals surface area (Å²) in [7, 11) is 4.22. The van der Waals surface area contributed by atoms with Gasteiger partial charge < -0.3 is 9.88 Å². The number of fused-ring (bicyclic) bond motifs is 1. The van der Waals surface area contributed by atoms with Crippen LogP contribution in [0.15, 0.2) is 60.1 Å². The highest BCUT2D eigenvalue weighted by molar-refractivity contribution is 7.13. The number of rotatable bonds is 5. The summed E-state index contributed by atoms with van der Waals surface area (Å²) < 4.78 is 0. The van der Waals surface area contributed by atoms with Crippen molar-refractivity contribution in [3.8, 4) is 21.8 Å². The maximum absolute atomic E-state index is 4.85. The van der Waals surface area contributed by atoms with Crippen LogP contribution >= 0.6 is 11.3 Å². The summed E-state index contributed by atoms with van der Waals surface area (Å²) in [5.41, 5.74) is 5.95. The molecule has 129 valence electrons. The molecule has 2 heterocycles. The van der Waals surface area contributed by atoms with Crippen molar-refractivity contribution in [3.05, 3.63) is 65.7 Å². The number of aromatic amines is 1. The summed E-state index contributed by atoms with van der Waals surface area (Å²) >= 11 is 1.70. The molecule has 2 aromatic carbocycles. The minimum atomic E-state index is 0. The Labute approximate surface area is 160 Å². The standard InChI is InChI=1S/C21H21N3S.B/c1-24(2)11-10-17-13-22-19-9-8-16(12-18(17)19)21-23-20(14-25-21)15-6-4-3-5-7-15;/h3-9,12-14,22H,10-11H2,1-2H3;. The van der Waals surface area contributed by atoms with Crippen molar-refractivity contribution < 1.29 is 0 Å². The molecule has 4 aromatic rings. The van der Waals surface area contributed by atoms with Gasteiger partial charge in [-0.1, -0.05) is 30.3 Å². The van der Waals surface area contributed by atoms with Gasteiger partial charge in [-0.25, -0.2) is 4.98 Å². The van der Waals surface area contributed by atoms with Gasteiger partial charge in [0, 0.05) is 48.6 Å². The first kappa shape index (κ1) is 18.4. The molecule has 1 N–H and O–H groups in total. The van der Waals surface area contributed by atoms with E-state index in [0.717, 1.165) is 23.7 Å². The van der Waals surface area contributed by atoms with Gasteiger partial charge in [0.05, 0.1) is 5.69 Å². The first-order chi connectivity index (χ1) is 12.2. The lowest BCUT2D eigenvalue weighted by molar-refractivity contribution is 0.414. The number of thiazole rings is 1. The Balaban J connectivity index is 0.00000196.